The van der Waals surface area contributed by atoms with Crippen LogP contribution in [-0.4, -0.2) is 10.1 Å². The predicted octanol–water partition coefficient (Wildman–Crippen LogP) is 2.95. The van der Waals surface area contributed by atoms with Crippen molar-refractivity contribution in [1.29, 1.82) is 0 Å². The monoisotopic (exact) mass is 254 g/mol. The lowest BCUT2D eigenvalue weighted by Crippen LogP contribution is -2.24. The molecule has 0 radical (unpaired) electrons. The SMILES string of the molecule is Oc1ccc2c(c1)C(NCc1cccnc1)CCC2. The number of phenolic OH excluding ortho intramolecular Hbond substituents is 1. The van der Waals surface area contributed by atoms with Crippen molar-refractivity contribution < 1.29 is 5.11 Å². The van der Waals surface area contributed by atoms with E-state index in [2.05, 4.69) is 16.4 Å². The van der Waals surface area contributed by atoms with Gasteiger partial charge >= 0.3 is 0 Å². The normalized spacial score (nSPS) is 18.0. The molecule has 19 heavy (non-hydrogen) atoms. The Balaban J connectivity index is 1.75. The van der Waals surface area contributed by atoms with Gasteiger partial charge in [0.05, 0.1) is 0 Å². The summed E-state index contributed by atoms with van der Waals surface area (Å²) in [6.45, 7) is 0.813. The number of benzene rings is 1. The molecule has 0 fully saturated rings. The Morgan fingerprint density at radius 1 is 1.32 bits per heavy atom. The van der Waals surface area contributed by atoms with Crippen LogP contribution in [0.5, 0.6) is 5.75 Å². The summed E-state index contributed by atoms with van der Waals surface area (Å²) in [6, 6.07) is 10.1. The molecule has 0 saturated carbocycles. The molecule has 3 nitrogen and oxygen atoms in total. The summed E-state index contributed by atoms with van der Waals surface area (Å²) in [5.41, 5.74) is 3.79. The maximum Gasteiger partial charge on any atom is 0.115 e. The van der Waals surface area contributed by atoms with Crippen LogP contribution >= 0.6 is 0 Å². The van der Waals surface area contributed by atoms with Gasteiger partial charge in [-0.2, -0.15) is 0 Å². The van der Waals surface area contributed by atoms with Gasteiger partial charge in [0, 0.05) is 25.0 Å². The highest BCUT2D eigenvalue weighted by molar-refractivity contribution is 5.38. The summed E-state index contributed by atoms with van der Waals surface area (Å²) >= 11 is 0. The molecule has 1 aromatic heterocycles. The van der Waals surface area contributed by atoms with Crippen molar-refractivity contribution in [3.63, 3.8) is 0 Å². The molecule has 1 atom stereocenters. The smallest absolute Gasteiger partial charge is 0.115 e. The zero-order valence-corrected chi connectivity index (χ0v) is 10.8. The van der Waals surface area contributed by atoms with Crippen molar-refractivity contribution >= 4 is 0 Å². The van der Waals surface area contributed by atoms with E-state index >= 15 is 0 Å². The lowest BCUT2D eigenvalue weighted by atomic mass is 9.87. The molecule has 1 aliphatic carbocycles. The maximum absolute atomic E-state index is 9.65. The lowest BCUT2D eigenvalue weighted by Gasteiger charge is -2.26. The summed E-state index contributed by atoms with van der Waals surface area (Å²) in [5, 5.41) is 13.2. The minimum Gasteiger partial charge on any atom is -0.508 e. The van der Waals surface area contributed by atoms with Crippen LogP contribution < -0.4 is 5.32 Å². The van der Waals surface area contributed by atoms with E-state index in [1.165, 1.54) is 23.1 Å². The van der Waals surface area contributed by atoms with Crippen LogP contribution in [0.4, 0.5) is 0 Å². The van der Waals surface area contributed by atoms with Crippen LogP contribution in [0.2, 0.25) is 0 Å². The summed E-state index contributed by atoms with van der Waals surface area (Å²) in [4.78, 5) is 4.13. The van der Waals surface area contributed by atoms with Gasteiger partial charge < -0.3 is 10.4 Å². The van der Waals surface area contributed by atoms with E-state index in [0.29, 0.717) is 11.8 Å². The fraction of sp³-hybridized carbons (Fsp3) is 0.312. The van der Waals surface area contributed by atoms with E-state index in [4.69, 9.17) is 0 Å². The number of nitrogens with one attached hydrogen (secondary N) is 1. The third-order valence-corrected chi connectivity index (χ3v) is 3.72. The molecule has 2 N–H and O–H groups in total. The number of aromatic nitrogens is 1. The highest BCUT2D eigenvalue weighted by Crippen LogP contribution is 2.32. The second-order valence-corrected chi connectivity index (χ2v) is 5.07. The number of fused-ring (bicyclic) bond motifs is 1. The van der Waals surface area contributed by atoms with Gasteiger partial charge in [-0.25, -0.2) is 0 Å². The number of hydrogen-bond donors (Lipinski definition) is 2. The summed E-state index contributed by atoms with van der Waals surface area (Å²) in [7, 11) is 0. The van der Waals surface area contributed by atoms with Gasteiger partial charge in [0.1, 0.15) is 5.75 Å². The van der Waals surface area contributed by atoms with Crippen LogP contribution in [0, 0.1) is 0 Å². The molecule has 0 aliphatic heterocycles. The van der Waals surface area contributed by atoms with E-state index in [-0.39, 0.29) is 0 Å². The van der Waals surface area contributed by atoms with Crippen molar-refractivity contribution in [3.05, 3.63) is 59.4 Å². The van der Waals surface area contributed by atoms with E-state index < -0.39 is 0 Å². The number of phenols is 1. The Bertz CT molecular complexity index is 554. The number of aryl methyl sites for hydroxylation is 1. The van der Waals surface area contributed by atoms with Gasteiger partial charge in [-0.15, -0.1) is 0 Å². The third kappa shape index (κ3) is 2.76. The molecule has 0 spiro atoms. The topological polar surface area (TPSA) is 45.1 Å². The van der Waals surface area contributed by atoms with E-state index in [9.17, 15) is 5.11 Å². The Morgan fingerprint density at radius 2 is 2.26 bits per heavy atom. The Morgan fingerprint density at radius 3 is 3.11 bits per heavy atom. The van der Waals surface area contributed by atoms with Crippen LogP contribution in [0.15, 0.2) is 42.7 Å². The maximum atomic E-state index is 9.65. The minimum absolute atomic E-state index is 0.330. The molecule has 0 amide bonds. The molecule has 0 saturated heterocycles. The predicted molar refractivity (Wildman–Crippen MR) is 74.9 cm³/mol. The Hall–Kier alpha value is -1.87. The van der Waals surface area contributed by atoms with Gasteiger partial charge in [-0.05, 0) is 54.2 Å². The second kappa shape index (κ2) is 5.41. The van der Waals surface area contributed by atoms with Crippen molar-refractivity contribution in [2.75, 3.05) is 0 Å². The van der Waals surface area contributed by atoms with Crippen molar-refractivity contribution in [1.82, 2.24) is 10.3 Å². The third-order valence-electron chi connectivity index (χ3n) is 3.72. The average molecular weight is 254 g/mol. The molecular formula is C16H18N2O. The molecule has 98 valence electrons. The summed E-state index contributed by atoms with van der Waals surface area (Å²) in [5.74, 6) is 0.355. The first-order valence-corrected chi connectivity index (χ1v) is 6.77. The number of rotatable bonds is 3. The Kier molecular flexibility index (Phi) is 3.47. The van der Waals surface area contributed by atoms with E-state index in [1.807, 2.05) is 24.4 Å². The first-order valence-electron chi connectivity index (χ1n) is 6.77. The summed E-state index contributed by atoms with van der Waals surface area (Å²) < 4.78 is 0. The molecule has 0 bridgehead atoms. The van der Waals surface area contributed by atoms with Crippen molar-refractivity contribution in [2.45, 2.75) is 31.8 Å². The quantitative estimate of drug-likeness (QED) is 0.885. The fourth-order valence-electron chi connectivity index (χ4n) is 2.74. The number of hydrogen-bond acceptors (Lipinski definition) is 3. The minimum atomic E-state index is 0.330. The molecule has 1 heterocycles. The van der Waals surface area contributed by atoms with Crippen LogP contribution in [0.25, 0.3) is 0 Å². The standard InChI is InChI=1S/C16H18N2O/c19-14-7-6-13-4-1-5-16(15(13)9-14)18-11-12-3-2-8-17-10-12/h2-3,6-10,16,18-19H,1,4-5,11H2. The average Bonchev–Trinajstić information content (AvgIpc) is 2.46. The van der Waals surface area contributed by atoms with Gasteiger partial charge in [0.2, 0.25) is 0 Å². The van der Waals surface area contributed by atoms with E-state index in [1.54, 1.807) is 12.3 Å². The van der Waals surface area contributed by atoms with Crippen LogP contribution in [0.1, 0.15) is 35.6 Å². The number of nitrogens with zero attached hydrogens (tertiary/aromatic N) is 1. The van der Waals surface area contributed by atoms with Gasteiger partial charge in [-0.3, -0.25) is 4.98 Å². The molecule has 3 heteroatoms. The van der Waals surface area contributed by atoms with Crippen LogP contribution in [-0.2, 0) is 13.0 Å². The molecule has 1 aromatic carbocycles. The van der Waals surface area contributed by atoms with Crippen LogP contribution in [0.3, 0.4) is 0 Å². The van der Waals surface area contributed by atoms with E-state index in [0.717, 1.165) is 19.4 Å². The largest absolute Gasteiger partial charge is 0.508 e. The molecule has 2 aromatic rings. The second-order valence-electron chi connectivity index (χ2n) is 5.07. The highest BCUT2D eigenvalue weighted by atomic mass is 16.3. The molecule has 1 unspecified atom stereocenters. The highest BCUT2D eigenvalue weighted by Gasteiger charge is 2.19. The first kappa shape index (κ1) is 12.2. The van der Waals surface area contributed by atoms with Gasteiger partial charge in [0.15, 0.2) is 0 Å². The molecular weight excluding hydrogens is 236 g/mol. The molecule has 3 rings (SSSR count). The fourth-order valence-corrected chi connectivity index (χ4v) is 2.74. The van der Waals surface area contributed by atoms with Crippen molar-refractivity contribution in [2.24, 2.45) is 0 Å². The summed E-state index contributed by atoms with van der Waals surface area (Å²) in [6.07, 6.45) is 7.11. The zero-order valence-electron chi connectivity index (χ0n) is 10.8. The number of pyridine rings is 1. The first-order chi connectivity index (χ1) is 9.33. The molecule has 1 aliphatic rings. The Labute approximate surface area is 113 Å². The van der Waals surface area contributed by atoms with Gasteiger partial charge in [0.25, 0.3) is 0 Å². The zero-order chi connectivity index (χ0) is 13.1. The number of aromatic hydroxyl groups is 1. The lowest BCUT2D eigenvalue weighted by molar-refractivity contribution is 0.445. The van der Waals surface area contributed by atoms with Crippen molar-refractivity contribution in [3.8, 4) is 5.75 Å². The van der Waals surface area contributed by atoms with Gasteiger partial charge in [-0.1, -0.05) is 12.1 Å².